The Kier molecular flexibility index (Phi) is 8.13. The summed E-state index contributed by atoms with van der Waals surface area (Å²) in [6.45, 7) is 3.39. The van der Waals surface area contributed by atoms with E-state index in [9.17, 15) is 9.59 Å². The Balaban J connectivity index is 1.49. The Morgan fingerprint density at radius 2 is 1.86 bits per heavy atom. The van der Waals surface area contributed by atoms with Gasteiger partial charge in [-0.05, 0) is 73.4 Å². The van der Waals surface area contributed by atoms with Crippen molar-refractivity contribution in [1.29, 1.82) is 0 Å². The Morgan fingerprint density at radius 3 is 2.49 bits per heavy atom. The number of aryl methyl sites for hydroxylation is 1. The van der Waals surface area contributed by atoms with Crippen molar-refractivity contribution >= 4 is 23.2 Å². The molecule has 2 aromatic heterocycles. The van der Waals surface area contributed by atoms with Crippen LogP contribution in [0.1, 0.15) is 39.6 Å². The molecule has 0 spiro atoms. The van der Waals surface area contributed by atoms with E-state index in [2.05, 4.69) is 0 Å². The van der Waals surface area contributed by atoms with Gasteiger partial charge in [-0.3, -0.25) is 9.59 Å². The number of rotatable bonds is 12. The highest BCUT2D eigenvalue weighted by atomic mass is 32.1. The van der Waals surface area contributed by atoms with Crippen molar-refractivity contribution in [3.05, 3.63) is 69.8 Å². The number of methoxy groups -OCH3 is 2. The molecular formula is C27H32N2O5S. The fourth-order valence-electron chi connectivity index (χ4n) is 4.00. The zero-order valence-electron chi connectivity index (χ0n) is 20.5. The average Bonchev–Trinajstić information content (AvgIpc) is 3.32. The van der Waals surface area contributed by atoms with Gasteiger partial charge in [-0.25, -0.2) is 0 Å². The summed E-state index contributed by atoms with van der Waals surface area (Å²) in [5.74, 6) is 3.16. The van der Waals surface area contributed by atoms with Crippen molar-refractivity contribution in [2.24, 2.45) is 5.92 Å². The van der Waals surface area contributed by atoms with Gasteiger partial charge < -0.3 is 23.7 Å². The lowest BCUT2D eigenvalue weighted by Crippen LogP contribution is -2.44. The summed E-state index contributed by atoms with van der Waals surface area (Å²) in [5, 5.41) is 1.89. The molecule has 1 saturated carbocycles. The fraction of sp³-hybridized carbons (Fsp3) is 0.407. The number of benzene rings is 1. The molecule has 1 aromatic carbocycles. The van der Waals surface area contributed by atoms with E-state index >= 15 is 0 Å². The van der Waals surface area contributed by atoms with Crippen LogP contribution in [0.25, 0.3) is 0 Å². The van der Waals surface area contributed by atoms with Crippen LogP contribution >= 0.6 is 11.3 Å². The van der Waals surface area contributed by atoms with Crippen LogP contribution in [0.2, 0.25) is 0 Å². The number of amides is 2. The van der Waals surface area contributed by atoms with E-state index in [0.717, 1.165) is 29.9 Å². The standard InChI is InChI=1S/C27H32N2O5S/c1-19-6-10-22(34-19)17-28(13-12-20-9-11-23(32-2)24(15-20)33-3)26(30)18-29(16-21-7-8-21)27(31)25-5-4-14-35-25/h4-6,9-11,14-15,21H,7-8,12-13,16-18H2,1-3H3. The number of hydrogen-bond donors (Lipinski definition) is 0. The summed E-state index contributed by atoms with van der Waals surface area (Å²) in [6, 6.07) is 13.2. The SMILES string of the molecule is COc1ccc(CCN(Cc2ccc(C)o2)C(=O)CN(CC2CC2)C(=O)c2cccs2)cc1OC. The van der Waals surface area contributed by atoms with Gasteiger partial charge in [0.1, 0.15) is 18.1 Å². The molecule has 1 aliphatic rings. The molecule has 1 fully saturated rings. The lowest BCUT2D eigenvalue weighted by Gasteiger charge is -2.27. The summed E-state index contributed by atoms with van der Waals surface area (Å²) < 4.78 is 16.5. The minimum atomic E-state index is -0.0925. The van der Waals surface area contributed by atoms with Gasteiger partial charge in [0.25, 0.3) is 5.91 Å². The first kappa shape index (κ1) is 24.9. The van der Waals surface area contributed by atoms with E-state index in [0.29, 0.717) is 48.3 Å². The van der Waals surface area contributed by atoms with E-state index in [1.807, 2.05) is 54.8 Å². The molecule has 0 radical (unpaired) electrons. The van der Waals surface area contributed by atoms with Gasteiger partial charge in [-0.15, -0.1) is 11.3 Å². The molecule has 3 aromatic rings. The van der Waals surface area contributed by atoms with E-state index in [1.54, 1.807) is 24.0 Å². The van der Waals surface area contributed by atoms with Crippen LogP contribution in [0.4, 0.5) is 0 Å². The van der Waals surface area contributed by atoms with Crippen LogP contribution in [0.15, 0.2) is 52.3 Å². The Morgan fingerprint density at radius 1 is 1.06 bits per heavy atom. The van der Waals surface area contributed by atoms with Crippen molar-refractivity contribution < 1.29 is 23.5 Å². The predicted octanol–water partition coefficient (Wildman–Crippen LogP) is 4.79. The maximum absolute atomic E-state index is 13.5. The van der Waals surface area contributed by atoms with Crippen molar-refractivity contribution in [2.45, 2.75) is 32.7 Å². The minimum absolute atomic E-state index is 0.0544. The van der Waals surface area contributed by atoms with E-state index in [4.69, 9.17) is 13.9 Å². The molecule has 0 bridgehead atoms. The molecule has 0 saturated heterocycles. The first-order valence-corrected chi connectivity index (χ1v) is 12.7. The third-order valence-electron chi connectivity index (χ3n) is 6.13. The number of carbonyl (C=O) groups is 2. The summed E-state index contributed by atoms with van der Waals surface area (Å²) in [7, 11) is 3.21. The van der Waals surface area contributed by atoms with Gasteiger partial charge in [0.15, 0.2) is 11.5 Å². The van der Waals surface area contributed by atoms with E-state index < -0.39 is 0 Å². The second-order valence-electron chi connectivity index (χ2n) is 8.87. The second kappa shape index (κ2) is 11.4. The topological polar surface area (TPSA) is 72.2 Å². The maximum Gasteiger partial charge on any atom is 0.264 e. The van der Waals surface area contributed by atoms with Gasteiger partial charge in [-0.1, -0.05) is 12.1 Å². The first-order valence-electron chi connectivity index (χ1n) is 11.8. The first-order chi connectivity index (χ1) is 17.0. The van der Waals surface area contributed by atoms with Crippen LogP contribution in [-0.4, -0.2) is 55.5 Å². The van der Waals surface area contributed by atoms with Crippen LogP contribution < -0.4 is 9.47 Å². The van der Waals surface area contributed by atoms with Crippen molar-refractivity contribution in [2.75, 3.05) is 33.9 Å². The molecule has 35 heavy (non-hydrogen) atoms. The van der Waals surface area contributed by atoms with Crippen LogP contribution in [0, 0.1) is 12.8 Å². The number of ether oxygens (including phenoxy) is 2. The van der Waals surface area contributed by atoms with Crippen LogP contribution in [-0.2, 0) is 17.8 Å². The van der Waals surface area contributed by atoms with Gasteiger partial charge in [0, 0.05) is 13.1 Å². The van der Waals surface area contributed by atoms with Crippen LogP contribution in [0.5, 0.6) is 11.5 Å². The molecule has 0 atom stereocenters. The molecule has 2 heterocycles. The molecule has 1 aliphatic carbocycles. The zero-order chi connectivity index (χ0) is 24.8. The molecule has 4 rings (SSSR count). The van der Waals surface area contributed by atoms with Crippen molar-refractivity contribution in [3.63, 3.8) is 0 Å². The Hall–Kier alpha value is -3.26. The highest BCUT2D eigenvalue weighted by molar-refractivity contribution is 7.12. The van der Waals surface area contributed by atoms with Crippen LogP contribution in [0.3, 0.4) is 0 Å². The Labute approximate surface area is 210 Å². The maximum atomic E-state index is 13.5. The highest BCUT2D eigenvalue weighted by Gasteiger charge is 2.30. The van der Waals surface area contributed by atoms with Gasteiger partial charge in [-0.2, -0.15) is 0 Å². The average molecular weight is 497 g/mol. The fourth-order valence-corrected chi connectivity index (χ4v) is 4.69. The van der Waals surface area contributed by atoms with Gasteiger partial charge in [0.2, 0.25) is 5.91 Å². The molecular weight excluding hydrogens is 464 g/mol. The number of thiophene rings is 1. The summed E-state index contributed by atoms with van der Waals surface area (Å²) in [6.07, 6.45) is 2.85. The smallest absolute Gasteiger partial charge is 0.264 e. The number of hydrogen-bond acceptors (Lipinski definition) is 6. The number of nitrogens with zero attached hydrogens (tertiary/aromatic N) is 2. The highest BCUT2D eigenvalue weighted by Crippen LogP contribution is 2.31. The van der Waals surface area contributed by atoms with Crippen molar-refractivity contribution in [1.82, 2.24) is 9.80 Å². The predicted molar refractivity (Wildman–Crippen MR) is 135 cm³/mol. The molecule has 0 aliphatic heterocycles. The summed E-state index contributed by atoms with van der Waals surface area (Å²) >= 11 is 1.41. The van der Waals surface area contributed by atoms with E-state index in [1.165, 1.54) is 11.3 Å². The largest absolute Gasteiger partial charge is 0.493 e. The van der Waals surface area contributed by atoms with Gasteiger partial charge in [0.05, 0.1) is 25.6 Å². The quantitative estimate of drug-likeness (QED) is 0.361. The number of carbonyl (C=O) groups excluding carboxylic acids is 2. The molecule has 0 N–H and O–H groups in total. The molecule has 186 valence electrons. The summed E-state index contributed by atoms with van der Waals surface area (Å²) in [4.78, 5) is 30.8. The van der Waals surface area contributed by atoms with Gasteiger partial charge >= 0.3 is 0 Å². The molecule has 8 heteroatoms. The zero-order valence-corrected chi connectivity index (χ0v) is 21.3. The number of furan rings is 1. The minimum Gasteiger partial charge on any atom is -0.493 e. The third-order valence-corrected chi connectivity index (χ3v) is 6.99. The second-order valence-corrected chi connectivity index (χ2v) is 9.82. The normalized spacial score (nSPS) is 12.9. The molecule has 2 amide bonds. The monoisotopic (exact) mass is 496 g/mol. The van der Waals surface area contributed by atoms with Crippen molar-refractivity contribution in [3.8, 4) is 11.5 Å². The van der Waals surface area contributed by atoms with E-state index in [-0.39, 0.29) is 18.4 Å². The lowest BCUT2D eigenvalue weighted by molar-refractivity contribution is -0.132. The summed E-state index contributed by atoms with van der Waals surface area (Å²) in [5.41, 5.74) is 1.03. The Bertz CT molecular complexity index is 1140. The lowest BCUT2D eigenvalue weighted by atomic mass is 10.1. The molecule has 0 unspecified atom stereocenters. The third kappa shape index (κ3) is 6.66. The molecule has 7 nitrogen and oxygen atoms in total.